The minimum atomic E-state index is -3.19. The first kappa shape index (κ1) is 13.3. The van der Waals surface area contributed by atoms with Crippen molar-refractivity contribution in [2.45, 2.75) is 19.4 Å². The van der Waals surface area contributed by atoms with Crippen LogP contribution in [0.4, 0.5) is 0 Å². The summed E-state index contributed by atoms with van der Waals surface area (Å²) in [6.45, 7) is 2.25. The molecule has 1 unspecified atom stereocenters. The third-order valence-electron chi connectivity index (χ3n) is 1.59. The van der Waals surface area contributed by atoms with Crippen molar-refractivity contribution in [3.05, 3.63) is 0 Å². The van der Waals surface area contributed by atoms with Crippen molar-refractivity contribution in [1.29, 1.82) is 0 Å². The molecule has 0 aromatic rings. The largest absolute Gasteiger partial charge is 0.480 e. The van der Waals surface area contributed by atoms with Crippen LogP contribution in [0.5, 0.6) is 0 Å². The summed E-state index contributed by atoms with van der Waals surface area (Å²) in [5.74, 6) is -0.924. The van der Waals surface area contributed by atoms with Crippen LogP contribution in [0.1, 0.15) is 13.3 Å². The summed E-state index contributed by atoms with van der Waals surface area (Å²) in [6.07, 6.45) is 1.52. The van der Waals surface area contributed by atoms with Gasteiger partial charge in [-0.15, -0.1) is 0 Å². The molecular formula is C7H16N2O4S. The summed E-state index contributed by atoms with van der Waals surface area (Å²) in [4.78, 5) is 10.5. The van der Waals surface area contributed by atoms with E-state index in [0.717, 1.165) is 6.26 Å². The van der Waals surface area contributed by atoms with Gasteiger partial charge in [0.15, 0.2) is 0 Å². The van der Waals surface area contributed by atoms with Crippen LogP contribution >= 0.6 is 0 Å². The molecule has 0 aromatic carbocycles. The number of nitrogens with one attached hydrogen (secondary N) is 2. The standard InChI is InChI=1S/C7H16N2O4S/c1-3-6(7(10)11)8-4-5-9-14(2,12)13/h6,8-9H,3-5H2,1-2H3,(H,10,11). The van der Waals surface area contributed by atoms with Gasteiger partial charge in [-0.25, -0.2) is 13.1 Å². The number of sulfonamides is 1. The van der Waals surface area contributed by atoms with E-state index in [0.29, 0.717) is 13.0 Å². The van der Waals surface area contributed by atoms with Crippen molar-refractivity contribution in [3.63, 3.8) is 0 Å². The Hall–Kier alpha value is -0.660. The molecule has 0 rings (SSSR count). The van der Waals surface area contributed by atoms with E-state index in [1.807, 2.05) is 0 Å². The highest BCUT2D eigenvalue weighted by Gasteiger charge is 2.13. The van der Waals surface area contributed by atoms with Gasteiger partial charge >= 0.3 is 5.97 Å². The van der Waals surface area contributed by atoms with Gasteiger partial charge in [0.25, 0.3) is 0 Å². The molecule has 3 N–H and O–H groups in total. The SMILES string of the molecule is CCC(NCCNS(C)(=O)=O)C(=O)O. The zero-order valence-electron chi connectivity index (χ0n) is 8.28. The van der Waals surface area contributed by atoms with E-state index in [4.69, 9.17) is 5.11 Å². The van der Waals surface area contributed by atoms with Crippen LogP contribution in [-0.2, 0) is 14.8 Å². The average molecular weight is 224 g/mol. The van der Waals surface area contributed by atoms with Crippen LogP contribution in [0.2, 0.25) is 0 Å². The van der Waals surface area contributed by atoms with E-state index in [1.165, 1.54) is 0 Å². The fourth-order valence-corrected chi connectivity index (χ4v) is 1.36. The smallest absolute Gasteiger partial charge is 0.320 e. The average Bonchev–Trinajstić information content (AvgIpc) is 2.01. The highest BCUT2D eigenvalue weighted by Crippen LogP contribution is 1.89. The van der Waals surface area contributed by atoms with Gasteiger partial charge < -0.3 is 10.4 Å². The fraction of sp³-hybridized carbons (Fsp3) is 0.857. The summed E-state index contributed by atoms with van der Waals surface area (Å²) in [5.41, 5.74) is 0. The molecule has 0 heterocycles. The monoisotopic (exact) mass is 224 g/mol. The first-order valence-electron chi connectivity index (χ1n) is 4.27. The molecule has 0 aliphatic rings. The molecule has 0 spiro atoms. The van der Waals surface area contributed by atoms with Crippen molar-refractivity contribution in [3.8, 4) is 0 Å². The van der Waals surface area contributed by atoms with Crippen molar-refractivity contribution < 1.29 is 18.3 Å². The van der Waals surface area contributed by atoms with Gasteiger partial charge in [-0.2, -0.15) is 0 Å². The molecule has 0 aromatic heterocycles. The molecule has 0 aliphatic carbocycles. The highest BCUT2D eigenvalue weighted by molar-refractivity contribution is 7.88. The van der Waals surface area contributed by atoms with Gasteiger partial charge in [0.2, 0.25) is 10.0 Å². The Bertz CT molecular complexity index is 275. The first-order valence-corrected chi connectivity index (χ1v) is 6.16. The lowest BCUT2D eigenvalue weighted by atomic mass is 10.2. The first-order chi connectivity index (χ1) is 6.37. The van der Waals surface area contributed by atoms with Gasteiger partial charge in [0.05, 0.1) is 6.26 Å². The second-order valence-corrected chi connectivity index (χ2v) is 4.75. The molecule has 0 radical (unpaired) electrons. The highest BCUT2D eigenvalue weighted by atomic mass is 32.2. The van der Waals surface area contributed by atoms with Crippen LogP contribution in [0, 0.1) is 0 Å². The summed E-state index contributed by atoms with van der Waals surface area (Å²) < 4.78 is 23.5. The van der Waals surface area contributed by atoms with Crippen LogP contribution in [0.15, 0.2) is 0 Å². The Balaban J connectivity index is 3.68. The fourth-order valence-electron chi connectivity index (χ4n) is 0.889. The van der Waals surface area contributed by atoms with Gasteiger partial charge in [-0.1, -0.05) is 6.92 Å². The third kappa shape index (κ3) is 6.81. The normalized spacial score (nSPS) is 13.9. The van der Waals surface area contributed by atoms with E-state index in [9.17, 15) is 13.2 Å². The molecular weight excluding hydrogens is 208 g/mol. The van der Waals surface area contributed by atoms with E-state index < -0.39 is 22.0 Å². The predicted octanol–water partition coefficient (Wildman–Crippen LogP) is -1.01. The van der Waals surface area contributed by atoms with Crippen molar-refractivity contribution in [2.24, 2.45) is 0 Å². The van der Waals surface area contributed by atoms with Gasteiger partial charge in [0, 0.05) is 13.1 Å². The molecule has 14 heavy (non-hydrogen) atoms. The second-order valence-electron chi connectivity index (χ2n) is 2.92. The minimum absolute atomic E-state index is 0.197. The predicted molar refractivity (Wildman–Crippen MR) is 52.6 cm³/mol. The van der Waals surface area contributed by atoms with E-state index in [2.05, 4.69) is 10.0 Å². The summed E-state index contributed by atoms with van der Waals surface area (Å²) in [6, 6.07) is -0.614. The van der Waals surface area contributed by atoms with E-state index in [-0.39, 0.29) is 6.54 Å². The van der Waals surface area contributed by atoms with Crippen LogP contribution in [0.3, 0.4) is 0 Å². The zero-order valence-corrected chi connectivity index (χ0v) is 9.10. The Kier molecular flexibility index (Phi) is 5.66. The number of carboxylic acids is 1. The number of hydrogen-bond acceptors (Lipinski definition) is 4. The summed E-state index contributed by atoms with van der Waals surface area (Å²) >= 11 is 0. The van der Waals surface area contributed by atoms with Crippen LogP contribution < -0.4 is 10.0 Å². The van der Waals surface area contributed by atoms with Gasteiger partial charge in [0.1, 0.15) is 6.04 Å². The molecule has 84 valence electrons. The molecule has 0 aliphatic heterocycles. The van der Waals surface area contributed by atoms with Crippen LogP contribution in [0.25, 0.3) is 0 Å². The van der Waals surface area contributed by atoms with Crippen molar-refractivity contribution in [2.75, 3.05) is 19.3 Å². The molecule has 1 atom stereocenters. The molecule has 0 saturated heterocycles. The van der Waals surface area contributed by atoms with Gasteiger partial charge in [-0.3, -0.25) is 4.79 Å². The second kappa shape index (κ2) is 5.94. The molecule has 0 saturated carbocycles. The Morgan fingerprint density at radius 2 is 2.00 bits per heavy atom. The zero-order chi connectivity index (χ0) is 11.2. The molecule has 7 heteroatoms. The lowest BCUT2D eigenvalue weighted by Gasteiger charge is -2.11. The Labute approximate surface area is 83.7 Å². The number of hydrogen-bond donors (Lipinski definition) is 3. The molecule has 0 bridgehead atoms. The van der Waals surface area contributed by atoms with Crippen molar-refractivity contribution in [1.82, 2.24) is 10.0 Å². The summed E-state index contributed by atoms with van der Waals surface area (Å²) in [7, 11) is -3.19. The molecule has 0 fully saturated rings. The lowest BCUT2D eigenvalue weighted by Crippen LogP contribution is -2.40. The number of carboxylic acid groups (broad SMARTS) is 1. The number of aliphatic carboxylic acids is 1. The maximum atomic E-state index is 10.6. The Morgan fingerprint density at radius 3 is 2.36 bits per heavy atom. The maximum absolute atomic E-state index is 10.6. The lowest BCUT2D eigenvalue weighted by molar-refractivity contribution is -0.139. The quantitative estimate of drug-likeness (QED) is 0.481. The maximum Gasteiger partial charge on any atom is 0.320 e. The van der Waals surface area contributed by atoms with Crippen LogP contribution in [-0.4, -0.2) is 44.9 Å². The van der Waals surface area contributed by atoms with E-state index in [1.54, 1.807) is 6.92 Å². The Morgan fingerprint density at radius 1 is 1.43 bits per heavy atom. The van der Waals surface area contributed by atoms with Crippen molar-refractivity contribution >= 4 is 16.0 Å². The summed E-state index contributed by atoms with van der Waals surface area (Å²) in [5, 5.41) is 11.3. The number of carbonyl (C=O) groups is 1. The molecule has 0 amide bonds. The van der Waals surface area contributed by atoms with Gasteiger partial charge in [-0.05, 0) is 6.42 Å². The minimum Gasteiger partial charge on any atom is -0.480 e. The van der Waals surface area contributed by atoms with E-state index >= 15 is 0 Å². The number of rotatable bonds is 7. The third-order valence-corrected chi connectivity index (χ3v) is 2.31. The molecule has 6 nitrogen and oxygen atoms in total. The topological polar surface area (TPSA) is 95.5 Å².